The molecule has 1 heterocycles. The van der Waals surface area contributed by atoms with E-state index < -0.39 is 10.0 Å². The summed E-state index contributed by atoms with van der Waals surface area (Å²) < 4.78 is 27.3. The van der Waals surface area contributed by atoms with E-state index >= 15 is 0 Å². The maximum atomic E-state index is 12.4. The van der Waals surface area contributed by atoms with Crippen LogP contribution in [0.3, 0.4) is 0 Å². The van der Waals surface area contributed by atoms with Gasteiger partial charge in [0.1, 0.15) is 0 Å². The van der Waals surface area contributed by atoms with Gasteiger partial charge in [-0.15, -0.1) is 0 Å². The molecule has 2 aromatic rings. The molecule has 0 amide bonds. The highest BCUT2D eigenvalue weighted by Crippen LogP contribution is 2.23. The van der Waals surface area contributed by atoms with Crippen LogP contribution in [0.5, 0.6) is 0 Å². The Kier molecular flexibility index (Phi) is 4.52. The number of aryl methyl sites for hydroxylation is 1. The Morgan fingerprint density at radius 3 is 2.85 bits per heavy atom. The molecule has 20 heavy (non-hydrogen) atoms. The molecular formula is C15H18N2O2S. The van der Waals surface area contributed by atoms with Gasteiger partial charge in [-0.1, -0.05) is 18.2 Å². The van der Waals surface area contributed by atoms with Crippen molar-refractivity contribution in [1.82, 2.24) is 9.71 Å². The van der Waals surface area contributed by atoms with Crippen LogP contribution in [-0.4, -0.2) is 19.9 Å². The minimum atomic E-state index is -3.51. The summed E-state index contributed by atoms with van der Waals surface area (Å²) >= 11 is 0. The number of hydrogen-bond acceptors (Lipinski definition) is 3. The van der Waals surface area contributed by atoms with Crippen LogP contribution in [-0.2, 0) is 10.0 Å². The molecule has 2 rings (SSSR count). The molecule has 0 saturated carbocycles. The van der Waals surface area contributed by atoms with E-state index in [1.54, 1.807) is 30.5 Å². The van der Waals surface area contributed by atoms with Crippen LogP contribution >= 0.6 is 0 Å². The number of sulfonamides is 1. The highest BCUT2D eigenvalue weighted by Gasteiger charge is 2.17. The number of pyridine rings is 1. The Morgan fingerprint density at radius 2 is 2.10 bits per heavy atom. The first kappa shape index (κ1) is 14.7. The summed E-state index contributed by atoms with van der Waals surface area (Å²) in [6, 6.07) is 6.96. The van der Waals surface area contributed by atoms with E-state index in [1.165, 1.54) is 0 Å². The molecule has 0 radical (unpaired) electrons. The number of benzene rings is 1. The Morgan fingerprint density at radius 1 is 1.30 bits per heavy atom. The van der Waals surface area contributed by atoms with Crippen molar-refractivity contribution in [2.24, 2.45) is 0 Å². The fraction of sp³-hybridized carbons (Fsp3) is 0.267. The van der Waals surface area contributed by atoms with Gasteiger partial charge in [0.2, 0.25) is 10.0 Å². The molecule has 0 aliphatic carbocycles. The molecule has 0 unspecified atom stereocenters. The quantitative estimate of drug-likeness (QED) is 0.680. The van der Waals surface area contributed by atoms with Gasteiger partial charge >= 0.3 is 0 Å². The highest BCUT2D eigenvalue weighted by molar-refractivity contribution is 7.89. The molecular weight excluding hydrogens is 272 g/mol. The van der Waals surface area contributed by atoms with Crippen molar-refractivity contribution in [3.63, 3.8) is 0 Å². The van der Waals surface area contributed by atoms with Gasteiger partial charge < -0.3 is 0 Å². The summed E-state index contributed by atoms with van der Waals surface area (Å²) in [5.74, 6) is 0. The molecule has 0 aliphatic rings. The topological polar surface area (TPSA) is 59.1 Å². The summed E-state index contributed by atoms with van der Waals surface area (Å²) in [7, 11) is -3.51. The Balaban J connectivity index is 2.39. The van der Waals surface area contributed by atoms with Gasteiger partial charge in [-0.05, 0) is 44.0 Å². The monoisotopic (exact) mass is 290 g/mol. The zero-order chi connectivity index (χ0) is 14.6. The van der Waals surface area contributed by atoms with Crippen molar-refractivity contribution in [3.8, 4) is 0 Å². The van der Waals surface area contributed by atoms with Gasteiger partial charge in [-0.25, -0.2) is 13.1 Å². The van der Waals surface area contributed by atoms with Crippen molar-refractivity contribution in [2.75, 3.05) is 6.54 Å². The van der Waals surface area contributed by atoms with Crippen molar-refractivity contribution in [3.05, 3.63) is 48.2 Å². The summed E-state index contributed by atoms with van der Waals surface area (Å²) in [5.41, 5.74) is 1.69. The molecule has 0 spiro atoms. The third-order valence-electron chi connectivity index (χ3n) is 3.06. The number of nitrogens with one attached hydrogen (secondary N) is 1. The SMILES string of the molecule is C/C=C/CCNS(=O)(=O)c1ccc(C)c2ncccc12. The first-order valence-electron chi connectivity index (χ1n) is 6.51. The van der Waals surface area contributed by atoms with Crippen molar-refractivity contribution < 1.29 is 8.42 Å². The zero-order valence-corrected chi connectivity index (χ0v) is 12.4. The van der Waals surface area contributed by atoms with Crippen LogP contribution in [0.25, 0.3) is 10.9 Å². The minimum Gasteiger partial charge on any atom is -0.256 e. The molecule has 0 bridgehead atoms. The zero-order valence-electron chi connectivity index (χ0n) is 11.6. The minimum absolute atomic E-state index is 0.284. The van der Waals surface area contributed by atoms with Crippen LogP contribution < -0.4 is 4.72 Å². The molecule has 0 atom stereocenters. The molecule has 0 saturated heterocycles. The summed E-state index contributed by atoms with van der Waals surface area (Å²) in [5, 5.41) is 0.658. The van der Waals surface area contributed by atoms with Gasteiger partial charge in [-0.2, -0.15) is 0 Å². The molecule has 1 aromatic heterocycles. The first-order chi connectivity index (χ1) is 9.56. The standard InChI is InChI=1S/C15H18N2O2S/c1-3-4-5-11-17-20(18,19)14-9-8-12(2)15-13(14)7-6-10-16-15/h3-4,6-10,17H,5,11H2,1-2H3/b4-3+. The smallest absolute Gasteiger partial charge is 0.241 e. The van der Waals surface area contributed by atoms with E-state index in [9.17, 15) is 8.42 Å². The van der Waals surface area contributed by atoms with Crippen molar-refractivity contribution in [2.45, 2.75) is 25.2 Å². The predicted octanol–water partition coefficient (Wildman–Crippen LogP) is 2.79. The fourth-order valence-electron chi connectivity index (χ4n) is 2.04. The normalized spacial score (nSPS) is 12.3. The van der Waals surface area contributed by atoms with Crippen LogP contribution in [0.4, 0.5) is 0 Å². The van der Waals surface area contributed by atoms with E-state index in [2.05, 4.69) is 9.71 Å². The third-order valence-corrected chi connectivity index (χ3v) is 4.58. The average molecular weight is 290 g/mol. The van der Waals surface area contributed by atoms with Crippen LogP contribution in [0.15, 0.2) is 47.5 Å². The van der Waals surface area contributed by atoms with Crippen LogP contribution in [0, 0.1) is 6.92 Å². The lowest BCUT2D eigenvalue weighted by Crippen LogP contribution is -2.24. The van der Waals surface area contributed by atoms with Gasteiger partial charge in [0.15, 0.2) is 0 Å². The first-order valence-corrected chi connectivity index (χ1v) is 8.00. The second kappa shape index (κ2) is 6.15. The highest BCUT2D eigenvalue weighted by atomic mass is 32.2. The van der Waals surface area contributed by atoms with E-state index in [4.69, 9.17) is 0 Å². The van der Waals surface area contributed by atoms with Gasteiger partial charge in [0.25, 0.3) is 0 Å². The predicted molar refractivity (Wildman–Crippen MR) is 81.1 cm³/mol. The number of hydrogen-bond donors (Lipinski definition) is 1. The largest absolute Gasteiger partial charge is 0.256 e. The number of nitrogens with zero attached hydrogens (tertiary/aromatic N) is 1. The lowest BCUT2D eigenvalue weighted by atomic mass is 10.1. The number of rotatable bonds is 5. The Labute approximate surface area is 119 Å². The third kappa shape index (κ3) is 3.05. The second-order valence-corrected chi connectivity index (χ2v) is 6.27. The van der Waals surface area contributed by atoms with Gasteiger partial charge in [0.05, 0.1) is 10.4 Å². The van der Waals surface area contributed by atoms with Gasteiger partial charge in [-0.3, -0.25) is 4.98 Å². The van der Waals surface area contributed by atoms with Gasteiger partial charge in [0, 0.05) is 18.1 Å². The van der Waals surface area contributed by atoms with Crippen LogP contribution in [0.1, 0.15) is 18.9 Å². The van der Waals surface area contributed by atoms with Crippen molar-refractivity contribution >= 4 is 20.9 Å². The van der Waals surface area contributed by atoms with E-state index in [-0.39, 0.29) is 4.90 Å². The Bertz CT molecular complexity index is 737. The molecule has 1 N–H and O–H groups in total. The second-order valence-electron chi connectivity index (χ2n) is 4.54. The number of fused-ring (bicyclic) bond motifs is 1. The fourth-order valence-corrected chi connectivity index (χ4v) is 3.29. The van der Waals surface area contributed by atoms with E-state index in [0.29, 0.717) is 18.4 Å². The molecule has 1 aromatic carbocycles. The lowest BCUT2D eigenvalue weighted by molar-refractivity contribution is 0.583. The molecule has 0 aliphatic heterocycles. The maximum absolute atomic E-state index is 12.4. The number of aromatic nitrogens is 1. The Hall–Kier alpha value is -1.72. The lowest BCUT2D eigenvalue weighted by Gasteiger charge is -2.10. The summed E-state index contributed by atoms with van der Waals surface area (Å²) in [6.07, 6.45) is 6.18. The summed E-state index contributed by atoms with van der Waals surface area (Å²) in [4.78, 5) is 4.55. The molecule has 5 heteroatoms. The molecule has 0 fully saturated rings. The molecule has 4 nitrogen and oxygen atoms in total. The number of allylic oxidation sites excluding steroid dienone is 1. The summed E-state index contributed by atoms with van der Waals surface area (Å²) in [6.45, 7) is 4.22. The molecule has 106 valence electrons. The van der Waals surface area contributed by atoms with Crippen LogP contribution in [0.2, 0.25) is 0 Å². The van der Waals surface area contributed by atoms with E-state index in [0.717, 1.165) is 11.1 Å². The van der Waals surface area contributed by atoms with Crippen molar-refractivity contribution in [1.29, 1.82) is 0 Å². The average Bonchev–Trinajstić information content (AvgIpc) is 2.44. The van der Waals surface area contributed by atoms with E-state index in [1.807, 2.05) is 26.0 Å². The maximum Gasteiger partial charge on any atom is 0.241 e.